The van der Waals surface area contributed by atoms with Crippen molar-refractivity contribution in [1.29, 1.82) is 0 Å². The van der Waals surface area contributed by atoms with Gasteiger partial charge in [-0.1, -0.05) is 33.8 Å². The van der Waals surface area contributed by atoms with Crippen molar-refractivity contribution in [1.82, 2.24) is 0 Å². The molecule has 0 aromatic rings. The Hall–Kier alpha value is -0.870. The number of hydrogen-bond donors (Lipinski definition) is 1. The first-order valence-electron chi connectivity index (χ1n) is 6.40. The Labute approximate surface area is 119 Å². The fourth-order valence-electron chi connectivity index (χ4n) is 2.64. The quantitative estimate of drug-likeness (QED) is 0.622. The van der Waals surface area contributed by atoms with Gasteiger partial charge >= 0.3 is 0 Å². The molecule has 0 aromatic carbocycles. The zero-order valence-corrected chi connectivity index (χ0v) is 13.2. The molecule has 1 aliphatic carbocycles. The third-order valence-corrected chi connectivity index (χ3v) is 4.30. The van der Waals surface area contributed by atoms with Crippen molar-refractivity contribution in [3.8, 4) is 0 Å². The summed E-state index contributed by atoms with van der Waals surface area (Å²) in [7, 11) is 0. The average molecular weight is 281 g/mol. The molecule has 1 rings (SSSR count). The van der Waals surface area contributed by atoms with Gasteiger partial charge in [0.2, 0.25) is 11.6 Å². The Balaban J connectivity index is 3.19. The predicted octanol–water partition coefficient (Wildman–Crippen LogP) is 2.71. The highest BCUT2D eigenvalue weighted by atomic mass is 32.2. The normalized spacial score (nSPS) is 17.4. The largest absolute Gasteiger partial charge is 0.330 e. The molecule has 0 heterocycles. The maximum absolute atomic E-state index is 11.9. The van der Waals surface area contributed by atoms with Crippen LogP contribution in [0.1, 0.15) is 34.1 Å². The van der Waals surface area contributed by atoms with Crippen LogP contribution < -0.4 is 5.73 Å². The molecule has 1 aliphatic rings. The number of Topliss-reactive ketones (excluding diaryl/α,β-unsaturated/α-hetero) is 1. The van der Waals surface area contributed by atoms with E-state index in [0.717, 1.165) is 12.0 Å². The number of thioether (sulfide) groups is 1. The Bertz CT molecular complexity index is 459. The monoisotopic (exact) mass is 281 g/mol. The second-order valence-corrected chi connectivity index (χ2v) is 7.22. The first-order chi connectivity index (χ1) is 8.64. The minimum absolute atomic E-state index is 0.00163. The topological polar surface area (TPSA) is 60.2 Å². The van der Waals surface area contributed by atoms with Crippen LogP contribution in [-0.4, -0.2) is 24.4 Å². The number of rotatable bonds is 5. The van der Waals surface area contributed by atoms with E-state index in [2.05, 4.69) is 27.7 Å². The number of nitrogens with two attached hydrogens (primary N) is 1. The van der Waals surface area contributed by atoms with E-state index in [9.17, 15) is 9.59 Å². The summed E-state index contributed by atoms with van der Waals surface area (Å²) in [5.74, 6) is -0.814. The molecule has 2 N–H and O–H groups in total. The lowest BCUT2D eigenvalue weighted by molar-refractivity contribution is -0.131. The smallest absolute Gasteiger partial charge is 0.239 e. The van der Waals surface area contributed by atoms with Crippen LogP contribution in [0, 0.1) is 10.8 Å². The maximum Gasteiger partial charge on any atom is 0.239 e. The lowest BCUT2D eigenvalue weighted by atomic mass is 9.70. The first kappa shape index (κ1) is 16.2. The minimum atomic E-state index is -0.429. The molecule has 0 saturated heterocycles. The molecule has 3 nitrogen and oxygen atoms in total. The molecule has 0 amide bonds. The van der Waals surface area contributed by atoms with Crippen LogP contribution in [0.3, 0.4) is 0 Å². The summed E-state index contributed by atoms with van der Waals surface area (Å²) < 4.78 is 0. The van der Waals surface area contributed by atoms with Crippen LogP contribution in [0.2, 0.25) is 0 Å². The summed E-state index contributed by atoms with van der Waals surface area (Å²) in [6.07, 6.45) is 5.88. The second kappa shape index (κ2) is 5.63. The van der Waals surface area contributed by atoms with E-state index in [4.69, 9.17) is 5.73 Å². The van der Waals surface area contributed by atoms with E-state index in [1.54, 1.807) is 6.08 Å². The van der Waals surface area contributed by atoms with Gasteiger partial charge < -0.3 is 5.73 Å². The highest BCUT2D eigenvalue weighted by molar-refractivity contribution is 8.03. The van der Waals surface area contributed by atoms with Gasteiger partial charge in [-0.3, -0.25) is 9.59 Å². The van der Waals surface area contributed by atoms with Crippen molar-refractivity contribution in [3.05, 3.63) is 22.6 Å². The van der Waals surface area contributed by atoms with Gasteiger partial charge in [-0.05, 0) is 41.7 Å². The molecule has 0 bridgehead atoms. The van der Waals surface area contributed by atoms with Crippen molar-refractivity contribution in [2.75, 3.05) is 12.8 Å². The molecule has 0 aromatic heterocycles. The Kier molecular flexibility index (Phi) is 4.80. The fraction of sp³-hybridized carbons (Fsp3) is 0.600. The highest BCUT2D eigenvalue weighted by Crippen LogP contribution is 2.43. The average Bonchev–Trinajstić information content (AvgIpc) is 2.31. The van der Waals surface area contributed by atoms with E-state index >= 15 is 0 Å². The molecule has 0 unspecified atom stereocenters. The number of carbonyl (C=O) groups excluding carboxylic acids is 2. The standard InChI is InChI=1S/C15H23NO2S/c1-14(2,9-16)8-15(3,4)10-6-7-11(17)12(18)13(10)19-5/h6-7H,8-9,16H2,1-5H3. The van der Waals surface area contributed by atoms with Crippen molar-refractivity contribution in [2.24, 2.45) is 16.6 Å². The molecule has 0 aliphatic heterocycles. The van der Waals surface area contributed by atoms with Crippen molar-refractivity contribution >= 4 is 23.3 Å². The molecule has 0 radical (unpaired) electrons. The summed E-state index contributed by atoms with van der Waals surface area (Å²) in [5, 5.41) is 0. The summed E-state index contributed by atoms with van der Waals surface area (Å²) in [6.45, 7) is 9.03. The molecule has 0 fully saturated rings. The summed E-state index contributed by atoms with van der Waals surface area (Å²) in [4.78, 5) is 24.0. The van der Waals surface area contributed by atoms with Crippen LogP contribution in [0.4, 0.5) is 0 Å². The second-order valence-electron chi connectivity index (χ2n) is 6.40. The molecule has 4 heteroatoms. The van der Waals surface area contributed by atoms with E-state index in [1.165, 1.54) is 17.8 Å². The molecule has 19 heavy (non-hydrogen) atoms. The van der Waals surface area contributed by atoms with E-state index in [-0.39, 0.29) is 16.6 Å². The molecule has 0 atom stereocenters. The van der Waals surface area contributed by atoms with Crippen LogP contribution in [0.25, 0.3) is 0 Å². The van der Waals surface area contributed by atoms with Gasteiger partial charge in [-0.2, -0.15) is 0 Å². The van der Waals surface area contributed by atoms with E-state index < -0.39 is 5.78 Å². The summed E-state index contributed by atoms with van der Waals surface area (Å²) >= 11 is 1.35. The van der Waals surface area contributed by atoms with Crippen molar-refractivity contribution in [2.45, 2.75) is 34.1 Å². The minimum Gasteiger partial charge on any atom is -0.330 e. The van der Waals surface area contributed by atoms with Crippen LogP contribution in [-0.2, 0) is 9.59 Å². The Morgan fingerprint density at radius 3 is 2.21 bits per heavy atom. The summed E-state index contributed by atoms with van der Waals surface area (Å²) in [6, 6.07) is 0. The van der Waals surface area contributed by atoms with Crippen molar-refractivity contribution in [3.63, 3.8) is 0 Å². The van der Waals surface area contributed by atoms with E-state index in [1.807, 2.05) is 6.26 Å². The number of carbonyl (C=O) groups is 2. The molecular weight excluding hydrogens is 258 g/mol. The fourth-order valence-corrected chi connectivity index (χ4v) is 3.49. The van der Waals surface area contributed by atoms with Crippen LogP contribution >= 0.6 is 11.8 Å². The first-order valence-corrected chi connectivity index (χ1v) is 7.62. The molecule has 106 valence electrons. The van der Waals surface area contributed by atoms with Gasteiger partial charge in [0.1, 0.15) is 0 Å². The summed E-state index contributed by atoms with van der Waals surface area (Å²) in [5.41, 5.74) is 6.56. The van der Waals surface area contributed by atoms with Gasteiger partial charge in [0.15, 0.2) is 0 Å². The van der Waals surface area contributed by atoms with Gasteiger partial charge in [-0.25, -0.2) is 0 Å². The number of hydrogen-bond acceptors (Lipinski definition) is 4. The predicted molar refractivity (Wildman–Crippen MR) is 80.9 cm³/mol. The highest BCUT2D eigenvalue weighted by Gasteiger charge is 2.35. The lowest BCUT2D eigenvalue weighted by Crippen LogP contribution is -2.32. The molecule has 0 saturated carbocycles. The van der Waals surface area contributed by atoms with Crippen LogP contribution in [0.15, 0.2) is 22.6 Å². The van der Waals surface area contributed by atoms with Gasteiger partial charge in [0, 0.05) is 0 Å². The van der Waals surface area contributed by atoms with E-state index in [0.29, 0.717) is 11.4 Å². The third-order valence-electron chi connectivity index (χ3n) is 3.48. The Morgan fingerprint density at radius 2 is 1.74 bits per heavy atom. The Morgan fingerprint density at radius 1 is 1.16 bits per heavy atom. The third kappa shape index (κ3) is 3.57. The molecule has 0 spiro atoms. The van der Waals surface area contributed by atoms with Crippen LogP contribution in [0.5, 0.6) is 0 Å². The van der Waals surface area contributed by atoms with Gasteiger partial charge in [0.25, 0.3) is 0 Å². The lowest BCUT2D eigenvalue weighted by Gasteiger charge is -2.36. The van der Waals surface area contributed by atoms with Gasteiger partial charge in [0.05, 0.1) is 4.91 Å². The zero-order valence-electron chi connectivity index (χ0n) is 12.4. The van der Waals surface area contributed by atoms with Gasteiger partial charge in [-0.15, -0.1) is 11.8 Å². The maximum atomic E-state index is 11.9. The number of ketones is 2. The zero-order chi connectivity index (χ0) is 14.8. The van der Waals surface area contributed by atoms with Crippen molar-refractivity contribution < 1.29 is 9.59 Å². The number of allylic oxidation sites excluding steroid dienone is 4. The SMILES string of the molecule is CSC1=C(C(C)(C)CC(C)(C)CN)C=CC(=O)C1=O. The molecular formula is C15H23NO2S.